The van der Waals surface area contributed by atoms with Crippen molar-refractivity contribution in [2.24, 2.45) is 5.92 Å². The van der Waals surface area contributed by atoms with Gasteiger partial charge in [-0.15, -0.1) is 0 Å². The summed E-state index contributed by atoms with van der Waals surface area (Å²) in [4.78, 5) is 46.1. The number of fused-ring (bicyclic) bond motifs is 3. The van der Waals surface area contributed by atoms with E-state index >= 15 is 0 Å². The van der Waals surface area contributed by atoms with Crippen LogP contribution >= 0.6 is 0 Å². The van der Waals surface area contributed by atoms with E-state index in [9.17, 15) is 14.4 Å². The minimum absolute atomic E-state index is 0.201. The van der Waals surface area contributed by atoms with Gasteiger partial charge in [-0.05, 0) is 29.8 Å². The molecule has 3 atom stereocenters. The van der Waals surface area contributed by atoms with E-state index in [-0.39, 0.29) is 18.2 Å². The van der Waals surface area contributed by atoms with Crippen molar-refractivity contribution >= 4 is 23.5 Å². The van der Waals surface area contributed by atoms with Crippen molar-refractivity contribution in [3.05, 3.63) is 120 Å². The summed E-state index contributed by atoms with van der Waals surface area (Å²) >= 11 is 0. The van der Waals surface area contributed by atoms with Gasteiger partial charge in [-0.2, -0.15) is 0 Å². The van der Waals surface area contributed by atoms with E-state index in [1.165, 1.54) is 4.90 Å². The number of benzene rings is 3. The molecule has 2 aliphatic rings. The fourth-order valence-electron chi connectivity index (χ4n) is 5.22. The van der Waals surface area contributed by atoms with Crippen LogP contribution in [0.2, 0.25) is 0 Å². The predicted molar refractivity (Wildman–Crippen MR) is 132 cm³/mol. The maximum absolute atomic E-state index is 13.7. The first kappa shape index (κ1) is 22.0. The van der Waals surface area contributed by atoms with Gasteiger partial charge < -0.3 is 9.30 Å². The Kier molecular flexibility index (Phi) is 5.45. The number of ether oxygens (including phenoxy) is 1. The second-order valence-corrected chi connectivity index (χ2v) is 9.06. The Morgan fingerprint density at radius 3 is 2.19 bits per heavy atom. The number of imidazole rings is 1. The lowest BCUT2D eigenvalue weighted by molar-refractivity contribution is -0.122. The van der Waals surface area contributed by atoms with Crippen molar-refractivity contribution in [1.82, 2.24) is 9.55 Å². The van der Waals surface area contributed by atoms with E-state index in [0.717, 1.165) is 5.56 Å². The maximum atomic E-state index is 13.7. The molecule has 0 bridgehead atoms. The van der Waals surface area contributed by atoms with Crippen LogP contribution < -0.4 is 4.90 Å². The van der Waals surface area contributed by atoms with Gasteiger partial charge in [-0.3, -0.25) is 9.59 Å². The number of nitrogens with zero attached hydrogens (tertiary/aromatic N) is 3. The van der Waals surface area contributed by atoms with E-state index in [4.69, 9.17) is 4.74 Å². The summed E-state index contributed by atoms with van der Waals surface area (Å²) in [6.45, 7) is 0.485. The summed E-state index contributed by atoms with van der Waals surface area (Å²) in [7, 11) is 0. The zero-order valence-electron chi connectivity index (χ0n) is 19.4. The van der Waals surface area contributed by atoms with Crippen molar-refractivity contribution in [3.8, 4) is 0 Å². The van der Waals surface area contributed by atoms with Gasteiger partial charge in [0.05, 0.1) is 35.1 Å². The number of anilines is 1. The largest absolute Gasteiger partial charge is 0.452 e. The molecule has 7 nitrogen and oxygen atoms in total. The summed E-state index contributed by atoms with van der Waals surface area (Å²) < 4.78 is 7.81. The molecule has 2 unspecified atom stereocenters. The minimum Gasteiger partial charge on any atom is -0.452 e. The molecular weight excluding hydrogens is 454 g/mol. The van der Waals surface area contributed by atoms with Crippen molar-refractivity contribution in [2.75, 3.05) is 4.90 Å². The zero-order chi connectivity index (χ0) is 24.6. The Labute approximate surface area is 208 Å². The first-order valence-electron chi connectivity index (χ1n) is 11.9. The van der Waals surface area contributed by atoms with Crippen LogP contribution in [-0.2, 0) is 20.9 Å². The number of imide groups is 1. The Morgan fingerprint density at radius 1 is 0.861 bits per heavy atom. The van der Waals surface area contributed by atoms with E-state index < -0.39 is 23.9 Å². The standard InChI is InChI=1S/C29H23N3O4/c33-27-22-16-23(36-29(35)20-12-6-2-7-13-20)25-26(31(18-30-25)17-19-10-4-1-5-11-19)24(22)28(34)32(27)21-14-8-3-9-15-21/h1-15,18,22-24H,16-17H2/t22?,23-,24?/m0/s1. The third kappa shape index (κ3) is 3.69. The first-order valence-corrected chi connectivity index (χ1v) is 11.9. The summed E-state index contributed by atoms with van der Waals surface area (Å²) in [5.41, 5.74) is 3.17. The number of hydrogen-bond acceptors (Lipinski definition) is 5. The van der Waals surface area contributed by atoms with Crippen molar-refractivity contribution in [1.29, 1.82) is 0 Å². The number of esters is 1. The summed E-state index contributed by atoms with van der Waals surface area (Å²) in [6.07, 6.45) is 1.14. The Balaban J connectivity index is 1.41. The lowest BCUT2D eigenvalue weighted by Crippen LogP contribution is -2.30. The third-order valence-electron chi connectivity index (χ3n) is 6.87. The maximum Gasteiger partial charge on any atom is 0.338 e. The molecule has 36 heavy (non-hydrogen) atoms. The molecule has 178 valence electrons. The number of aromatic nitrogens is 2. The van der Waals surface area contributed by atoms with Crippen molar-refractivity contribution in [3.63, 3.8) is 0 Å². The second-order valence-electron chi connectivity index (χ2n) is 9.06. The topological polar surface area (TPSA) is 81.5 Å². The fourth-order valence-corrected chi connectivity index (χ4v) is 5.22. The molecule has 3 aromatic carbocycles. The fraction of sp³-hybridized carbons (Fsp3) is 0.172. The Morgan fingerprint density at radius 2 is 1.50 bits per heavy atom. The average molecular weight is 478 g/mol. The highest BCUT2D eigenvalue weighted by atomic mass is 16.5. The van der Waals surface area contributed by atoms with Gasteiger partial charge >= 0.3 is 5.97 Å². The molecule has 0 saturated carbocycles. The van der Waals surface area contributed by atoms with Crippen LogP contribution in [0.1, 0.15) is 45.8 Å². The Bertz CT molecular complexity index is 1430. The van der Waals surface area contributed by atoms with Gasteiger partial charge in [0.25, 0.3) is 0 Å². The predicted octanol–water partition coefficient (Wildman–Crippen LogP) is 4.51. The molecule has 1 aromatic heterocycles. The Hall–Kier alpha value is -4.52. The number of para-hydroxylation sites is 1. The SMILES string of the molecule is O=C(O[C@H]1CC2C(=O)N(c3ccccc3)C(=O)C2c2c1ncn2Cc1ccccc1)c1ccccc1. The van der Waals surface area contributed by atoms with Crippen LogP contribution in [0.25, 0.3) is 0 Å². The number of rotatable bonds is 5. The van der Waals surface area contributed by atoms with Gasteiger partial charge in [-0.25, -0.2) is 14.7 Å². The van der Waals surface area contributed by atoms with Crippen molar-refractivity contribution < 1.29 is 19.1 Å². The minimum atomic E-state index is -0.738. The van der Waals surface area contributed by atoms with Crippen LogP contribution in [0.5, 0.6) is 0 Å². The third-order valence-corrected chi connectivity index (χ3v) is 6.87. The number of hydrogen-bond donors (Lipinski definition) is 0. The summed E-state index contributed by atoms with van der Waals surface area (Å²) in [5.74, 6) is -2.38. The van der Waals surface area contributed by atoms with Crippen LogP contribution in [0.4, 0.5) is 5.69 Å². The molecule has 1 aliphatic heterocycles. The smallest absolute Gasteiger partial charge is 0.338 e. The van der Waals surface area contributed by atoms with Gasteiger partial charge in [0.1, 0.15) is 11.8 Å². The molecule has 7 heteroatoms. The molecule has 1 saturated heterocycles. The molecule has 0 spiro atoms. The zero-order valence-corrected chi connectivity index (χ0v) is 19.4. The van der Waals surface area contributed by atoms with Gasteiger partial charge in [-0.1, -0.05) is 66.7 Å². The van der Waals surface area contributed by atoms with Crippen LogP contribution in [0, 0.1) is 5.92 Å². The van der Waals surface area contributed by atoms with Crippen molar-refractivity contribution in [2.45, 2.75) is 25.0 Å². The summed E-state index contributed by atoms with van der Waals surface area (Å²) in [5, 5.41) is 0. The monoisotopic (exact) mass is 477 g/mol. The van der Waals surface area contributed by atoms with Gasteiger partial charge in [0, 0.05) is 13.0 Å². The molecule has 6 rings (SSSR count). The molecular formula is C29H23N3O4. The van der Waals surface area contributed by atoms with Crippen LogP contribution in [-0.4, -0.2) is 27.3 Å². The molecule has 1 fully saturated rings. The number of amides is 2. The molecule has 2 heterocycles. The number of carbonyl (C=O) groups excluding carboxylic acids is 3. The highest BCUT2D eigenvalue weighted by molar-refractivity contribution is 6.24. The first-order chi connectivity index (χ1) is 17.6. The van der Waals surface area contributed by atoms with Gasteiger partial charge in [0.2, 0.25) is 11.8 Å². The van der Waals surface area contributed by atoms with E-state index in [0.29, 0.717) is 29.2 Å². The lowest BCUT2D eigenvalue weighted by Gasteiger charge is -2.29. The van der Waals surface area contributed by atoms with E-state index in [1.54, 1.807) is 54.9 Å². The molecule has 1 aliphatic carbocycles. The van der Waals surface area contributed by atoms with Gasteiger partial charge in [0.15, 0.2) is 0 Å². The molecule has 0 radical (unpaired) electrons. The normalized spacial score (nSPS) is 20.7. The van der Waals surface area contributed by atoms with Crippen LogP contribution in [0.15, 0.2) is 97.3 Å². The second kappa shape index (κ2) is 8.92. The quantitative estimate of drug-likeness (QED) is 0.312. The van der Waals surface area contributed by atoms with E-state index in [1.807, 2.05) is 47.0 Å². The molecule has 0 N–H and O–H groups in total. The molecule has 4 aromatic rings. The highest BCUT2D eigenvalue weighted by Crippen LogP contribution is 2.49. The molecule has 2 amide bonds. The average Bonchev–Trinajstić information content (AvgIpc) is 3.44. The highest BCUT2D eigenvalue weighted by Gasteiger charge is 2.55. The lowest BCUT2D eigenvalue weighted by atomic mass is 9.79. The van der Waals surface area contributed by atoms with E-state index in [2.05, 4.69) is 4.98 Å². The number of carbonyl (C=O) groups is 3. The summed E-state index contributed by atoms with van der Waals surface area (Å²) in [6, 6.07) is 27.5. The van der Waals surface area contributed by atoms with Crippen LogP contribution in [0.3, 0.4) is 0 Å².